The minimum absolute atomic E-state index is 0.150. The molecular formula is C18H18N2O7. The Balaban J connectivity index is 2.10. The van der Waals surface area contributed by atoms with E-state index in [2.05, 4.69) is 10.1 Å². The zero-order valence-corrected chi connectivity index (χ0v) is 14.9. The zero-order chi connectivity index (χ0) is 20.0. The smallest absolute Gasteiger partial charge is 0.337 e. The van der Waals surface area contributed by atoms with E-state index in [-0.39, 0.29) is 17.1 Å². The maximum atomic E-state index is 12.4. The highest BCUT2D eigenvalue weighted by Crippen LogP contribution is 2.29. The van der Waals surface area contributed by atoms with Crippen LogP contribution in [0.2, 0.25) is 0 Å². The lowest BCUT2D eigenvalue weighted by Gasteiger charge is -2.16. The quantitative estimate of drug-likeness (QED) is 0.450. The summed E-state index contributed by atoms with van der Waals surface area (Å²) in [5.41, 5.74) is 0.403. The first-order chi connectivity index (χ1) is 12.8. The molecule has 0 unspecified atom stereocenters. The average Bonchev–Trinajstić information content (AvgIpc) is 2.67. The number of esters is 1. The van der Waals surface area contributed by atoms with Crippen molar-refractivity contribution in [3.05, 3.63) is 58.1 Å². The maximum Gasteiger partial charge on any atom is 0.337 e. The zero-order valence-electron chi connectivity index (χ0n) is 14.9. The second-order valence-corrected chi connectivity index (χ2v) is 5.41. The van der Waals surface area contributed by atoms with Crippen molar-refractivity contribution in [1.82, 2.24) is 0 Å². The van der Waals surface area contributed by atoms with Gasteiger partial charge in [-0.25, -0.2) is 4.79 Å². The molecular weight excluding hydrogens is 356 g/mol. The lowest BCUT2D eigenvalue weighted by molar-refractivity contribution is -0.384. The van der Waals surface area contributed by atoms with Gasteiger partial charge in [0.05, 0.1) is 36.5 Å². The van der Waals surface area contributed by atoms with E-state index in [9.17, 15) is 19.7 Å². The lowest BCUT2D eigenvalue weighted by atomic mass is 10.2. The molecule has 0 spiro atoms. The summed E-state index contributed by atoms with van der Waals surface area (Å²) < 4.78 is 15.3. The van der Waals surface area contributed by atoms with E-state index in [1.54, 1.807) is 18.2 Å². The van der Waals surface area contributed by atoms with Gasteiger partial charge in [-0.1, -0.05) is 6.07 Å². The fourth-order valence-electron chi connectivity index (χ4n) is 2.20. The van der Waals surface area contributed by atoms with Crippen LogP contribution in [-0.2, 0) is 9.53 Å². The highest BCUT2D eigenvalue weighted by Gasteiger charge is 2.19. The number of nitro benzene ring substituents is 1. The molecule has 0 heterocycles. The molecule has 2 aromatic carbocycles. The van der Waals surface area contributed by atoms with E-state index in [0.29, 0.717) is 11.3 Å². The maximum absolute atomic E-state index is 12.4. The van der Waals surface area contributed by atoms with Crippen LogP contribution in [0.1, 0.15) is 17.3 Å². The minimum Gasteiger partial charge on any atom is -0.494 e. The summed E-state index contributed by atoms with van der Waals surface area (Å²) in [5.74, 6) is -0.549. The van der Waals surface area contributed by atoms with Crippen LogP contribution in [0.3, 0.4) is 0 Å². The molecule has 0 fully saturated rings. The molecule has 0 saturated carbocycles. The number of anilines is 1. The number of hydrogen-bond acceptors (Lipinski definition) is 7. The first-order valence-electron chi connectivity index (χ1n) is 7.84. The third-order valence-corrected chi connectivity index (χ3v) is 3.59. The van der Waals surface area contributed by atoms with Crippen LogP contribution in [0.25, 0.3) is 0 Å². The summed E-state index contributed by atoms with van der Waals surface area (Å²) in [5, 5.41) is 13.4. The van der Waals surface area contributed by atoms with Crippen LogP contribution in [0.15, 0.2) is 42.5 Å². The molecule has 142 valence electrons. The van der Waals surface area contributed by atoms with Crippen molar-refractivity contribution >= 4 is 23.3 Å². The molecule has 1 N–H and O–H groups in total. The molecule has 2 rings (SSSR count). The number of non-ortho nitro benzene ring substituents is 1. The molecule has 0 bridgehead atoms. The molecule has 0 aromatic heterocycles. The Kier molecular flexibility index (Phi) is 6.32. The second kappa shape index (κ2) is 8.65. The topological polar surface area (TPSA) is 117 Å². The Hall–Kier alpha value is -3.62. The van der Waals surface area contributed by atoms with Crippen LogP contribution in [-0.4, -0.2) is 37.1 Å². The normalized spacial score (nSPS) is 11.2. The van der Waals surface area contributed by atoms with Crippen molar-refractivity contribution < 1.29 is 28.7 Å². The molecule has 0 aliphatic heterocycles. The van der Waals surface area contributed by atoms with E-state index in [4.69, 9.17) is 9.47 Å². The summed E-state index contributed by atoms with van der Waals surface area (Å²) >= 11 is 0. The van der Waals surface area contributed by atoms with Gasteiger partial charge in [0.1, 0.15) is 11.5 Å². The standard InChI is InChI=1S/C18H18N2O7/c1-11(27-14-6-4-5-12(9-14)18(22)26-3)17(21)19-15-8-7-13(20(23)24)10-16(15)25-2/h4-11H,1-3H3,(H,19,21)/t11-/m1/s1. The Bertz CT molecular complexity index is 867. The minimum atomic E-state index is -0.905. The van der Waals surface area contributed by atoms with E-state index in [1.807, 2.05) is 0 Å². The third kappa shape index (κ3) is 4.94. The predicted octanol–water partition coefficient (Wildman–Crippen LogP) is 2.80. The van der Waals surface area contributed by atoms with Crippen molar-refractivity contribution in [3.8, 4) is 11.5 Å². The number of benzene rings is 2. The van der Waals surface area contributed by atoms with Crippen molar-refractivity contribution in [2.24, 2.45) is 0 Å². The molecule has 0 aliphatic carbocycles. The molecule has 9 heteroatoms. The number of nitrogens with one attached hydrogen (secondary N) is 1. The van der Waals surface area contributed by atoms with Gasteiger partial charge in [-0.15, -0.1) is 0 Å². The molecule has 1 atom stereocenters. The number of carbonyl (C=O) groups excluding carboxylic acids is 2. The number of ether oxygens (including phenoxy) is 3. The fraction of sp³-hybridized carbons (Fsp3) is 0.222. The van der Waals surface area contributed by atoms with Crippen LogP contribution >= 0.6 is 0 Å². The number of nitro groups is 1. The number of hydrogen-bond donors (Lipinski definition) is 1. The molecule has 2 aromatic rings. The average molecular weight is 374 g/mol. The SMILES string of the molecule is COC(=O)c1cccc(O[C@H](C)C(=O)Nc2ccc([N+](=O)[O-])cc2OC)c1. The highest BCUT2D eigenvalue weighted by atomic mass is 16.6. The van der Waals surface area contributed by atoms with Gasteiger partial charge in [0.25, 0.3) is 11.6 Å². The van der Waals surface area contributed by atoms with E-state index in [1.165, 1.54) is 45.4 Å². The van der Waals surface area contributed by atoms with E-state index >= 15 is 0 Å². The van der Waals surface area contributed by atoms with E-state index in [0.717, 1.165) is 0 Å². The monoisotopic (exact) mass is 374 g/mol. The fourth-order valence-corrected chi connectivity index (χ4v) is 2.20. The number of nitrogens with zero attached hydrogens (tertiary/aromatic N) is 1. The second-order valence-electron chi connectivity index (χ2n) is 5.41. The summed E-state index contributed by atoms with van der Waals surface area (Å²) in [4.78, 5) is 34.2. The van der Waals surface area contributed by atoms with Gasteiger partial charge in [0, 0.05) is 6.07 Å². The molecule has 0 aliphatic rings. The van der Waals surface area contributed by atoms with Gasteiger partial charge < -0.3 is 19.5 Å². The Morgan fingerprint density at radius 3 is 2.52 bits per heavy atom. The highest BCUT2D eigenvalue weighted by molar-refractivity contribution is 5.95. The van der Waals surface area contributed by atoms with Crippen LogP contribution in [0, 0.1) is 10.1 Å². The van der Waals surface area contributed by atoms with Crippen LogP contribution < -0.4 is 14.8 Å². The number of rotatable bonds is 7. The van der Waals surface area contributed by atoms with Crippen LogP contribution in [0.4, 0.5) is 11.4 Å². The van der Waals surface area contributed by atoms with E-state index < -0.39 is 22.9 Å². The van der Waals surface area contributed by atoms with Gasteiger partial charge in [-0.05, 0) is 31.2 Å². The van der Waals surface area contributed by atoms with Crippen molar-refractivity contribution in [3.63, 3.8) is 0 Å². The molecule has 0 radical (unpaired) electrons. The number of amides is 1. The summed E-state index contributed by atoms with van der Waals surface area (Å²) in [6, 6.07) is 10.1. The molecule has 27 heavy (non-hydrogen) atoms. The Morgan fingerprint density at radius 2 is 1.89 bits per heavy atom. The van der Waals surface area contributed by atoms with Crippen molar-refractivity contribution in [2.45, 2.75) is 13.0 Å². The van der Waals surface area contributed by atoms with Crippen molar-refractivity contribution in [2.75, 3.05) is 19.5 Å². The summed E-state index contributed by atoms with van der Waals surface area (Å²) in [6.45, 7) is 1.53. The van der Waals surface area contributed by atoms with Gasteiger partial charge in [0.2, 0.25) is 0 Å². The Labute approximate surface area is 155 Å². The Morgan fingerprint density at radius 1 is 1.15 bits per heavy atom. The molecule has 1 amide bonds. The van der Waals surface area contributed by atoms with Gasteiger partial charge in [-0.3, -0.25) is 14.9 Å². The van der Waals surface area contributed by atoms with Gasteiger partial charge >= 0.3 is 5.97 Å². The summed E-state index contributed by atoms with van der Waals surface area (Å²) in [7, 11) is 2.61. The largest absolute Gasteiger partial charge is 0.494 e. The summed E-state index contributed by atoms with van der Waals surface area (Å²) in [6.07, 6.45) is -0.905. The predicted molar refractivity (Wildman–Crippen MR) is 96.1 cm³/mol. The molecule has 9 nitrogen and oxygen atoms in total. The van der Waals surface area contributed by atoms with Gasteiger partial charge in [-0.2, -0.15) is 0 Å². The number of carbonyl (C=O) groups is 2. The third-order valence-electron chi connectivity index (χ3n) is 3.59. The van der Waals surface area contributed by atoms with Crippen LogP contribution in [0.5, 0.6) is 11.5 Å². The first-order valence-corrected chi connectivity index (χ1v) is 7.84. The molecule has 0 saturated heterocycles. The number of methoxy groups -OCH3 is 2. The van der Waals surface area contributed by atoms with Crippen molar-refractivity contribution in [1.29, 1.82) is 0 Å². The lowest BCUT2D eigenvalue weighted by Crippen LogP contribution is -2.30. The van der Waals surface area contributed by atoms with Gasteiger partial charge in [0.15, 0.2) is 6.10 Å². The first kappa shape index (κ1) is 19.7.